The van der Waals surface area contributed by atoms with Gasteiger partial charge in [0.25, 0.3) is 5.56 Å². The number of nitrogens with zero attached hydrogens (tertiary/aromatic N) is 2. The van der Waals surface area contributed by atoms with Gasteiger partial charge in [-0.05, 0) is 55.3 Å². The maximum Gasteiger partial charge on any atom is 0.338 e. The molecule has 198 valence electrons. The van der Waals surface area contributed by atoms with Crippen molar-refractivity contribution >= 4 is 35.0 Å². The van der Waals surface area contributed by atoms with Crippen LogP contribution in [0.3, 0.4) is 0 Å². The number of thiazole rings is 1. The fourth-order valence-electron chi connectivity index (χ4n) is 4.39. The molecule has 3 aromatic carbocycles. The van der Waals surface area contributed by atoms with Gasteiger partial charge in [-0.25, -0.2) is 14.2 Å². The van der Waals surface area contributed by atoms with E-state index in [0.717, 1.165) is 16.9 Å². The maximum absolute atomic E-state index is 14.5. The summed E-state index contributed by atoms with van der Waals surface area (Å²) in [5.41, 5.74) is 1.89. The van der Waals surface area contributed by atoms with Crippen LogP contribution in [0.1, 0.15) is 36.6 Å². The number of carbonyl (C=O) groups is 1. The zero-order valence-corrected chi connectivity index (χ0v) is 22.8. The SMILES string of the molecule is CCOc1ccc(C2C(C(=O)OCc3ccccc3)=C(C)N=c3sc(=Cc4c(F)cccc4Cl)c(=O)n32)cc1. The molecule has 0 radical (unpaired) electrons. The van der Waals surface area contributed by atoms with Crippen LogP contribution in [0.5, 0.6) is 5.75 Å². The van der Waals surface area contributed by atoms with E-state index in [0.29, 0.717) is 28.4 Å². The number of rotatable bonds is 7. The van der Waals surface area contributed by atoms with Crippen molar-refractivity contribution in [1.82, 2.24) is 4.57 Å². The second-order valence-electron chi connectivity index (χ2n) is 8.78. The number of halogens is 2. The third-order valence-electron chi connectivity index (χ3n) is 6.24. The van der Waals surface area contributed by atoms with E-state index >= 15 is 0 Å². The van der Waals surface area contributed by atoms with Crippen LogP contribution < -0.4 is 19.6 Å². The van der Waals surface area contributed by atoms with Gasteiger partial charge in [-0.2, -0.15) is 0 Å². The first kappa shape index (κ1) is 26.6. The number of hydrogen-bond donors (Lipinski definition) is 0. The summed E-state index contributed by atoms with van der Waals surface area (Å²) >= 11 is 7.32. The molecule has 1 unspecified atom stereocenters. The number of hydrogen-bond acceptors (Lipinski definition) is 6. The molecule has 0 aliphatic carbocycles. The molecule has 4 aromatic rings. The molecular weight excluding hydrogens is 539 g/mol. The number of carbonyl (C=O) groups excluding carboxylic acids is 1. The van der Waals surface area contributed by atoms with Gasteiger partial charge in [-0.15, -0.1) is 0 Å². The van der Waals surface area contributed by atoms with E-state index in [1.54, 1.807) is 25.1 Å². The van der Waals surface area contributed by atoms with Gasteiger partial charge in [-0.3, -0.25) is 9.36 Å². The minimum atomic E-state index is -0.807. The number of aromatic nitrogens is 1. The summed E-state index contributed by atoms with van der Waals surface area (Å²) in [7, 11) is 0. The number of esters is 1. The van der Waals surface area contributed by atoms with Crippen LogP contribution in [-0.2, 0) is 16.1 Å². The Morgan fingerprint density at radius 3 is 2.54 bits per heavy atom. The molecule has 9 heteroatoms. The van der Waals surface area contributed by atoms with E-state index in [2.05, 4.69) is 4.99 Å². The lowest BCUT2D eigenvalue weighted by Crippen LogP contribution is -2.39. The molecule has 1 atom stereocenters. The average molecular weight is 563 g/mol. The fraction of sp³-hybridized carbons (Fsp3) is 0.167. The van der Waals surface area contributed by atoms with E-state index in [1.807, 2.05) is 49.4 Å². The lowest BCUT2D eigenvalue weighted by Gasteiger charge is -2.25. The highest BCUT2D eigenvalue weighted by molar-refractivity contribution is 7.07. The third-order valence-corrected chi connectivity index (χ3v) is 7.55. The largest absolute Gasteiger partial charge is 0.494 e. The predicted molar refractivity (Wildman–Crippen MR) is 149 cm³/mol. The standard InChI is InChI=1S/C30H24ClFN2O4S/c1-3-37-21-14-12-20(13-15-21)27-26(29(36)38-17-19-8-5-4-6-9-19)18(2)33-30-34(27)28(35)25(39-30)16-22-23(31)10-7-11-24(22)32/h4-16,27H,3,17H2,1-2H3. The molecule has 5 rings (SSSR count). The lowest BCUT2D eigenvalue weighted by molar-refractivity contribution is -0.140. The van der Waals surface area contributed by atoms with E-state index < -0.39 is 23.4 Å². The molecular formula is C30H24ClFN2O4S. The first-order valence-corrected chi connectivity index (χ1v) is 13.5. The predicted octanol–water partition coefficient (Wildman–Crippen LogP) is 5.17. The molecule has 0 amide bonds. The Labute approximate surface area is 232 Å². The van der Waals surface area contributed by atoms with Crippen molar-refractivity contribution in [2.24, 2.45) is 4.99 Å². The summed E-state index contributed by atoms with van der Waals surface area (Å²) in [6.45, 7) is 4.18. The van der Waals surface area contributed by atoms with Gasteiger partial charge >= 0.3 is 5.97 Å². The molecule has 1 aromatic heterocycles. The van der Waals surface area contributed by atoms with Crippen LogP contribution in [0, 0.1) is 5.82 Å². The van der Waals surface area contributed by atoms with Crippen LogP contribution in [-0.4, -0.2) is 17.1 Å². The Morgan fingerprint density at radius 1 is 1.10 bits per heavy atom. The van der Waals surface area contributed by atoms with E-state index in [-0.39, 0.29) is 27.3 Å². The quantitative estimate of drug-likeness (QED) is 0.291. The molecule has 0 saturated carbocycles. The topological polar surface area (TPSA) is 69.9 Å². The Hall–Kier alpha value is -4.01. The molecule has 1 aliphatic rings. The first-order valence-electron chi connectivity index (χ1n) is 12.3. The maximum atomic E-state index is 14.5. The highest BCUT2D eigenvalue weighted by Crippen LogP contribution is 2.32. The second kappa shape index (κ2) is 11.4. The van der Waals surface area contributed by atoms with Gasteiger partial charge in [0, 0.05) is 5.56 Å². The molecule has 1 aliphatic heterocycles. The van der Waals surface area contributed by atoms with Gasteiger partial charge in [0.2, 0.25) is 0 Å². The molecule has 0 fully saturated rings. The van der Waals surface area contributed by atoms with Gasteiger partial charge in [0.15, 0.2) is 4.80 Å². The van der Waals surface area contributed by atoms with Crippen molar-refractivity contribution in [3.8, 4) is 5.75 Å². The van der Waals surface area contributed by atoms with Crippen molar-refractivity contribution < 1.29 is 18.7 Å². The number of ether oxygens (including phenoxy) is 2. The van der Waals surface area contributed by atoms with Crippen LogP contribution in [0.25, 0.3) is 6.08 Å². The van der Waals surface area contributed by atoms with Gasteiger partial charge in [-0.1, -0.05) is 71.5 Å². The zero-order valence-electron chi connectivity index (χ0n) is 21.2. The highest BCUT2D eigenvalue weighted by atomic mass is 35.5. The molecule has 0 N–H and O–H groups in total. The molecule has 2 heterocycles. The monoisotopic (exact) mass is 562 g/mol. The van der Waals surface area contributed by atoms with Crippen molar-refractivity contribution in [3.63, 3.8) is 0 Å². The van der Waals surface area contributed by atoms with Crippen molar-refractivity contribution in [2.75, 3.05) is 6.61 Å². The number of fused-ring (bicyclic) bond motifs is 1. The minimum absolute atomic E-state index is 0.0721. The Kier molecular flexibility index (Phi) is 7.77. The summed E-state index contributed by atoms with van der Waals surface area (Å²) in [6, 6.07) is 20.1. The fourth-order valence-corrected chi connectivity index (χ4v) is 5.64. The summed E-state index contributed by atoms with van der Waals surface area (Å²) in [6.07, 6.45) is 1.42. The normalized spacial score (nSPS) is 15.1. The number of allylic oxidation sites excluding steroid dienone is 1. The van der Waals surface area contributed by atoms with E-state index in [1.165, 1.54) is 22.8 Å². The molecule has 0 spiro atoms. The Balaban J connectivity index is 1.63. The van der Waals surface area contributed by atoms with E-state index in [4.69, 9.17) is 21.1 Å². The second-order valence-corrected chi connectivity index (χ2v) is 10.2. The minimum Gasteiger partial charge on any atom is -0.494 e. The Bertz CT molecular complexity index is 1720. The van der Waals surface area contributed by atoms with Crippen molar-refractivity contribution in [2.45, 2.75) is 26.5 Å². The van der Waals surface area contributed by atoms with Crippen molar-refractivity contribution in [1.29, 1.82) is 0 Å². The van der Waals surface area contributed by atoms with Gasteiger partial charge < -0.3 is 9.47 Å². The summed E-state index contributed by atoms with van der Waals surface area (Å²) in [5.74, 6) is -0.458. The summed E-state index contributed by atoms with van der Waals surface area (Å²) in [4.78, 5) is 32.2. The summed E-state index contributed by atoms with van der Waals surface area (Å²) in [5, 5.41) is 0.185. The van der Waals surface area contributed by atoms with Crippen LogP contribution >= 0.6 is 22.9 Å². The zero-order chi connectivity index (χ0) is 27.5. The molecule has 0 bridgehead atoms. The van der Waals surface area contributed by atoms with E-state index in [9.17, 15) is 14.0 Å². The van der Waals surface area contributed by atoms with Gasteiger partial charge in [0.05, 0.1) is 33.5 Å². The third kappa shape index (κ3) is 5.44. The number of benzene rings is 3. The lowest BCUT2D eigenvalue weighted by atomic mass is 9.96. The Morgan fingerprint density at radius 2 is 1.85 bits per heavy atom. The van der Waals surface area contributed by atoms with Crippen LogP contribution in [0.2, 0.25) is 5.02 Å². The van der Waals surface area contributed by atoms with Crippen LogP contribution in [0.15, 0.2) is 93.9 Å². The molecule has 0 saturated heterocycles. The van der Waals surface area contributed by atoms with Crippen LogP contribution in [0.4, 0.5) is 4.39 Å². The molecule has 6 nitrogen and oxygen atoms in total. The molecule has 39 heavy (non-hydrogen) atoms. The average Bonchev–Trinajstić information content (AvgIpc) is 3.24. The van der Waals surface area contributed by atoms with Crippen molar-refractivity contribution in [3.05, 3.63) is 131 Å². The first-order chi connectivity index (χ1) is 18.9. The summed E-state index contributed by atoms with van der Waals surface area (Å²) < 4.78 is 27.5. The highest BCUT2D eigenvalue weighted by Gasteiger charge is 2.33. The smallest absolute Gasteiger partial charge is 0.338 e. The van der Waals surface area contributed by atoms with Gasteiger partial charge in [0.1, 0.15) is 18.2 Å².